The van der Waals surface area contributed by atoms with Gasteiger partial charge in [-0.1, -0.05) is 54.3 Å². The maximum absolute atomic E-state index is 11.6. The van der Waals surface area contributed by atoms with Gasteiger partial charge in [-0.15, -0.1) is 16.9 Å². The van der Waals surface area contributed by atoms with Crippen molar-refractivity contribution >= 4 is 17.8 Å². The fourth-order valence-corrected chi connectivity index (χ4v) is 2.18. The Kier molecular flexibility index (Phi) is 13.3. The summed E-state index contributed by atoms with van der Waals surface area (Å²) in [6, 6.07) is 0. The zero-order valence-electron chi connectivity index (χ0n) is 17.4. The number of amides is 2. The van der Waals surface area contributed by atoms with Crippen molar-refractivity contribution in [3.8, 4) is 59.2 Å². The van der Waals surface area contributed by atoms with Crippen molar-refractivity contribution in [2.45, 2.75) is 77.6 Å². The molecule has 0 saturated carbocycles. The molecule has 154 valence electrons. The van der Waals surface area contributed by atoms with Crippen LogP contribution in [0.5, 0.6) is 0 Å². The van der Waals surface area contributed by atoms with Gasteiger partial charge in [0.05, 0.1) is 25.7 Å². The average Bonchev–Trinajstić information content (AvgIpc) is 3.05. The lowest BCUT2D eigenvalue weighted by Crippen LogP contribution is -2.31. The van der Waals surface area contributed by atoms with Crippen LogP contribution in [0.15, 0.2) is 0 Å². The van der Waals surface area contributed by atoms with Crippen LogP contribution < -0.4 is 0 Å². The van der Waals surface area contributed by atoms with Crippen molar-refractivity contribution in [2.75, 3.05) is 0 Å². The normalized spacial score (nSPS) is 11.3. The summed E-state index contributed by atoms with van der Waals surface area (Å²) in [6.07, 6.45) is 5.28. The summed E-state index contributed by atoms with van der Waals surface area (Å²) in [5, 5.41) is 0.572. The number of hydroxylamine groups is 2. The number of rotatable bonds is 5. The van der Waals surface area contributed by atoms with Gasteiger partial charge >= 0.3 is 5.97 Å². The molecule has 1 aliphatic heterocycles. The standard InChI is InChI=1S/C25H25NO4/c1-2-3-4-5-6-7-8-9-10-11-12-13-14-15-16-17-18-19-20-25(29)30-26-23(27)21-22-24(26)28/h2,5,8,11,14,17-22H2,1H3. The van der Waals surface area contributed by atoms with E-state index < -0.39 is 17.8 Å². The fourth-order valence-electron chi connectivity index (χ4n) is 2.18. The van der Waals surface area contributed by atoms with E-state index in [2.05, 4.69) is 59.2 Å². The monoisotopic (exact) mass is 403 g/mol. The van der Waals surface area contributed by atoms with E-state index >= 15 is 0 Å². The summed E-state index contributed by atoms with van der Waals surface area (Å²) in [5.41, 5.74) is 0. The molecule has 30 heavy (non-hydrogen) atoms. The summed E-state index contributed by atoms with van der Waals surface area (Å²) in [5.74, 6) is 28.1. The molecule has 0 N–H and O–H groups in total. The number of carbonyl (C=O) groups excluding carboxylic acids is 3. The van der Waals surface area contributed by atoms with Crippen LogP contribution in [0.25, 0.3) is 0 Å². The first kappa shape index (κ1) is 24.4. The van der Waals surface area contributed by atoms with Gasteiger partial charge in [-0.05, 0) is 12.8 Å². The molecule has 0 aromatic heterocycles. The molecule has 0 aliphatic carbocycles. The van der Waals surface area contributed by atoms with Crippen LogP contribution in [0, 0.1) is 59.2 Å². The molecule has 1 saturated heterocycles. The molecule has 0 unspecified atom stereocenters. The Morgan fingerprint density at radius 3 is 1.73 bits per heavy atom. The molecule has 1 fully saturated rings. The van der Waals surface area contributed by atoms with Crippen LogP contribution in [0.4, 0.5) is 0 Å². The summed E-state index contributed by atoms with van der Waals surface area (Å²) < 4.78 is 0. The van der Waals surface area contributed by atoms with E-state index in [1.54, 1.807) is 0 Å². The molecule has 0 aromatic rings. The second-order valence-corrected chi connectivity index (χ2v) is 6.08. The van der Waals surface area contributed by atoms with Crippen LogP contribution in [0.2, 0.25) is 0 Å². The van der Waals surface area contributed by atoms with Gasteiger partial charge < -0.3 is 4.84 Å². The van der Waals surface area contributed by atoms with E-state index in [1.807, 2.05) is 6.92 Å². The van der Waals surface area contributed by atoms with Crippen molar-refractivity contribution in [2.24, 2.45) is 0 Å². The van der Waals surface area contributed by atoms with E-state index in [4.69, 9.17) is 4.84 Å². The van der Waals surface area contributed by atoms with Gasteiger partial charge in [0.1, 0.15) is 0 Å². The number of unbranched alkanes of at least 4 members (excludes halogenated alkanes) is 2. The predicted octanol–water partition coefficient (Wildman–Crippen LogP) is 3.14. The van der Waals surface area contributed by atoms with Crippen LogP contribution in [-0.4, -0.2) is 22.8 Å². The summed E-state index contributed by atoms with van der Waals surface area (Å²) in [4.78, 5) is 39.1. The second kappa shape index (κ2) is 16.4. The maximum atomic E-state index is 11.6. The minimum absolute atomic E-state index is 0.0983. The minimum Gasteiger partial charge on any atom is -0.330 e. The lowest BCUT2D eigenvalue weighted by Gasteiger charge is -2.12. The third kappa shape index (κ3) is 12.0. The summed E-state index contributed by atoms with van der Waals surface area (Å²) in [7, 11) is 0. The van der Waals surface area contributed by atoms with Crippen molar-refractivity contribution < 1.29 is 19.2 Å². The van der Waals surface area contributed by atoms with E-state index in [-0.39, 0.29) is 19.3 Å². The van der Waals surface area contributed by atoms with Crippen LogP contribution in [-0.2, 0) is 19.2 Å². The molecule has 1 aliphatic rings. The fraction of sp³-hybridized carbons (Fsp3) is 0.480. The topological polar surface area (TPSA) is 63.7 Å². The van der Waals surface area contributed by atoms with Gasteiger partial charge in [-0.25, -0.2) is 4.79 Å². The van der Waals surface area contributed by atoms with E-state index in [9.17, 15) is 14.4 Å². The highest BCUT2D eigenvalue weighted by Gasteiger charge is 2.32. The number of hydrogen-bond donors (Lipinski definition) is 0. The summed E-state index contributed by atoms with van der Waals surface area (Å²) in [6.45, 7) is 2.01. The third-order valence-corrected chi connectivity index (χ3v) is 3.64. The average molecular weight is 403 g/mol. The zero-order valence-corrected chi connectivity index (χ0v) is 17.4. The number of nitrogens with zero attached hydrogens (tertiary/aromatic N) is 1. The van der Waals surface area contributed by atoms with Crippen molar-refractivity contribution in [3.05, 3.63) is 0 Å². The minimum atomic E-state index is -0.574. The van der Waals surface area contributed by atoms with Crippen molar-refractivity contribution in [3.63, 3.8) is 0 Å². The SMILES string of the molecule is CCC#CCC#CCC#CCC#CCC#CCCCCC(=O)ON1C(=O)CCC1=O. The lowest BCUT2D eigenvalue weighted by molar-refractivity contribution is -0.197. The van der Waals surface area contributed by atoms with Gasteiger partial charge in [0.2, 0.25) is 0 Å². The van der Waals surface area contributed by atoms with Crippen molar-refractivity contribution in [1.82, 2.24) is 5.06 Å². The molecule has 0 bridgehead atoms. The van der Waals surface area contributed by atoms with Crippen molar-refractivity contribution in [1.29, 1.82) is 0 Å². The highest BCUT2D eigenvalue weighted by atomic mass is 16.7. The molecule has 1 rings (SSSR count). The van der Waals surface area contributed by atoms with E-state index in [0.29, 0.717) is 43.6 Å². The van der Waals surface area contributed by atoms with Crippen LogP contribution >= 0.6 is 0 Å². The number of imide groups is 1. The largest absolute Gasteiger partial charge is 0.333 e. The molecule has 0 spiro atoms. The third-order valence-electron chi connectivity index (χ3n) is 3.64. The van der Waals surface area contributed by atoms with Gasteiger partial charge in [0.25, 0.3) is 11.8 Å². The quantitative estimate of drug-likeness (QED) is 0.402. The molecule has 0 aromatic carbocycles. The Hall–Kier alpha value is -3.59. The smallest absolute Gasteiger partial charge is 0.330 e. The first-order valence-electron chi connectivity index (χ1n) is 10.00. The molecule has 5 nitrogen and oxygen atoms in total. The molecule has 2 amide bonds. The van der Waals surface area contributed by atoms with Crippen LogP contribution in [0.1, 0.15) is 77.6 Å². The molecule has 1 heterocycles. The first-order chi connectivity index (χ1) is 14.6. The number of hydrogen-bond acceptors (Lipinski definition) is 4. The van der Waals surface area contributed by atoms with Gasteiger partial charge in [-0.3, -0.25) is 9.59 Å². The molecule has 0 radical (unpaired) electrons. The Morgan fingerprint density at radius 2 is 1.23 bits per heavy atom. The Balaban J connectivity index is 2.05. The van der Waals surface area contributed by atoms with Crippen LogP contribution in [0.3, 0.4) is 0 Å². The molecule has 5 heteroatoms. The number of carbonyl (C=O) groups is 3. The molecule has 0 atom stereocenters. The maximum Gasteiger partial charge on any atom is 0.333 e. The van der Waals surface area contributed by atoms with Gasteiger partial charge in [0, 0.05) is 32.1 Å². The lowest BCUT2D eigenvalue weighted by atomic mass is 10.2. The summed E-state index contributed by atoms with van der Waals surface area (Å²) >= 11 is 0. The highest BCUT2D eigenvalue weighted by Crippen LogP contribution is 2.13. The predicted molar refractivity (Wildman–Crippen MR) is 113 cm³/mol. The van der Waals surface area contributed by atoms with Gasteiger partial charge in [-0.2, -0.15) is 0 Å². The van der Waals surface area contributed by atoms with Gasteiger partial charge in [0.15, 0.2) is 0 Å². The molecular formula is C25H25NO4. The first-order valence-corrected chi connectivity index (χ1v) is 10.00. The second-order valence-electron chi connectivity index (χ2n) is 6.08. The Bertz CT molecular complexity index is 904. The highest BCUT2D eigenvalue weighted by molar-refractivity contribution is 6.01. The van der Waals surface area contributed by atoms with E-state index in [0.717, 1.165) is 12.8 Å². The zero-order chi connectivity index (χ0) is 21.9. The molecular weight excluding hydrogens is 378 g/mol. The Labute approximate surface area is 179 Å². The Morgan fingerprint density at radius 1 is 0.767 bits per heavy atom. The van der Waals surface area contributed by atoms with E-state index in [1.165, 1.54) is 0 Å².